The minimum atomic E-state index is -1.43. The second-order valence-electron chi connectivity index (χ2n) is 14.4. The lowest BCUT2D eigenvalue weighted by atomic mass is 9.98. The summed E-state index contributed by atoms with van der Waals surface area (Å²) >= 11 is 0. The number of amides is 3. The molecule has 1 aromatic carbocycles. The van der Waals surface area contributed by atoms with Crippen LogP contribution >= 0.6 is 0 Å². The summed E-state index contributed by atoms with van der Waals surface area (Å²) in [4.78, 5) is 60.5. The number of unbranched alkanes of at least 4 members (excludes halogenated alkanes) is 1. The highest BCUT2D eigenvalue weighted by atomic mass is 16.6. The summed E-state index contributed by atoms with van der Waals surface area (Å²) in [5, 5.41) is 16.7. The highest BCUT2D eigenvalue weighted by Gasteiger charge is 2.61. The molecule has 7 atom stereocenters. The molecule has 0 bridgehead atoms. The van der Waals surface area contributed by atoms with E-state index in [-0.39, 0.29) is 37.3 Å². The summed E-state index contributed by atoms with van der Waals surface area (Å²) in [5.41, 5.74) is -0.116. The number of nitrogens with one attached hydrogen (secondary N) is 2. The van der Waals surface area contributed by atoms with Crippen molar-refractivity contribution in [2.24, 2.45) is 11.8 Å². The molecule has 2 aliphatic carbocycles. The Balaban J connectivity index is 1.24. The predicted octanol–water partition coefficient (Wildman–Crippen LogP) is 6.33. The second kappa shape index (κ2) is 16.1. The summed E-state index contributed by atoms with van der Waals surface area (Å²) < 4.78 is 12.4. The number of hydrogen-bond donors (Lipinski definition) is 3. The largest absolute Gasteiger partial charge is 0.486 e. The molecular weight excluding hydrogens is 648 g/mol. The van der Waals surface area contributed by atoms with Crippen molar-refractivity contribution in [1.82, 2.24) is 20.5 Å². The van der Waals surface area contributed by atoms with Crippen LogP contribution in [0.1, 0.15) is 89.2 Å². The van der Waals surface area contributed by atoms with Gasteiger partial charge in [0.25, 0.3) is 0 Å². The molecule has 3 N–H and O–H groups in total. The van der Waals surface area contributed by atoms with Crippen LogP contribution in [-0.2, 0) is 19.1 Å². The Kier molecular flexibility index (Phi) is 11.4. The molecule has 0 unspecified atom stereocenters. The number of pyridine rings is 1. The van der Waals surface area contributed by atoms with E-state index in [1.165, 1.54) is 4.90 Å². The highest BCUT2D eigenvalue weighted by Crippen LogP contribution is 2.45. The van der Waals surface area contributed by atoms with Crippen molar-refractivity contribution in [3.8, 4) is 5.75 Å². The molecule has 51 heavy (non-hydrogen) atoms. The molecule has 2 aliphatic heterocycles. The maximum atomic E-state index is 14.5. The van der Waals surface area contributed by atoms with E-state index in [4.69, 9.17) is 9.47 Å². The third kappa shape index (κ3) is 8.29. The maximum absolute atomic E-state index is 14.5. The van der Waals surface area contributed by atoms with Gasteiger partial charge in [0.15, 0.2) is 0 Å². The van der Waals surface area contributed by atoms with E-state index in [1.54, 1.807) is 6.08 Å². The molecule has 2 aromatic rings. The second-order valence-corrected chi connectivity index (χ2v) is 14.4. The van der Waals surface area contributed by atoms with Crippen LogP contribution in [0.2, 0.25) is 0 Å². The van der Waals surface area contributed by atoms with Gasteiger partial charge in [-0.2, -0.15) is 0 Å². The van der Waals surface area contributed by atoms with Crippen molar-refractivity contribution in [2.75, 3.05) is 6.54 Å². The Hall–Kier alpha value is -4.67. The first-order valence-electron chi connectivity index (χ1n) is 18.5. The van der Waals surface area contributed by atoms with E-state index in [2.05, 4.69) is 28.8 Å². The van der Waals surface area contributed by atoms with E-state index >= 15 is 0 Å². The molecule has 11 nitrogen and oxygen atoms in total. The van der Waals surface area contributed by atoms with E-state index in [0.29, 0.717) is 24.3 Å². The van der Waals surface area contributed by atoms with Crippen molar-refractivity contribution in [3.63, 3.8) is 0 Å². The van der Waals surface area contributed by atoms with Crippen LogP contribution in [0.4, 0.5) is 4.79 Å². The van der Waals surface area contributed by atoms with E-state index < -0.39 is 47.6 Å². The quantitative estimate of drug-likeness (QED) is 0.193. The first kappa shape index (κ1) is 36.1. The summed E-state index contributed by atoms with van der Waals surface area (Å²) in [5.74, 6) is -1.67. The van der Waals surface area contributed by atoms with Crippen molar-refractivity contribution >= 4 is 40.9 Å². The number of ether oxygens (including phenoxy) is 2. The zero-order valence-electron chi connectivity index (χ0n) is 29.3. The van der Waals surface area contributed by atoms with Gasteiger partial charge in [-0.15, -0.1) is 6.58 Å². The smallest absolute Gasteiger partial charge is 0.408 e. The lowest BCUT2D eigenvalue weighted by Gasteiger charge is -2.30. The minimum absolute atomic E-state index is 0.0605. The van der Waals surface area contributed by atoms with Gasteiger partial charge in [-0.3, -0.25) is 9.59 Å². The molecule has 6 rings (SSSR count). The summed E-state index contributed by atoms with van der Waals surface area (Å²) in [6, 6.07) is 7.55. The zero-order valence-corrected chi connectivity index (χ0v) is 29.3. The maximum Gasteiger partial charge on any atom is 0.408 e. The Morgan fingerprint density at radius 1 is 1.12 bits per heavy atom. The fraction of sp³-hybridized carbons (Fsp3) is 0.525. The number of para-hydroxylation sites is 1. The lowest BCUT2D eigenvalue weighted by Crippen LogP contribution is -2.56. The molecular formula is C40H50N4O7. The number of hydrogen-bond acceptors (Lipinski definition) is 7. The van der Waals surface area contributed by atoms with Gasteiger partial charge < -0.3 is 30.1 Å². The fourth-order valence-corrected chi connectivity index (χ4v) is 8.00. The summed E-state index contributed by atoms with van der Waals surface area (Å²) in [6.45, 7) is 7.77. The van der Waals surface area contributed by atoms with Gasteiger partial charge in [-0.05, 0) is 88.3 Å². The zero-order chi connectivity index (χ0) is 36.0. The topological polar surface area (TPSA) is 147 Å². The number of alkyl carbamates (subject to hydrolysis) is 1. The number of fused-ring (bicyclic) bond motifs is 3. The van der Waals surface area contributed by atoms with Gasteiger partial charge in [0, 0.05) is 17.7 Å². The summed E-state index contributed by atoms with van der Waals surface area (Å²) in [6.07, 6.45) is 15.4. The number of benzene rings is 1. The van der Waals surface area contributed by atoms with Crippen LogP contribution in [-0.4, -0.2) is 75.2 Å². The molecule has 11 heteroatoms. The predicted molar refractivity (Wildman–Crippen MR) is 194 cm³/mol. The van der Waals surface area contributed by atoms with Crippen LogP contribution in [0, 0.1) is 11.8 Å². The molecule has 0 radical (unpaired) electrons. The molecule has 272 valence electrons. The molecule has 3 amide bonds. The van der Waals surface area contributed by atoms with E-state index in [0.717, 1.165) is 68.7 Å². The highest BCUT2D eigenvalue weighted by molar-refractivity contribution is 5.96. The third-order valence-corrected chi connectivity index (χ3v) is 10.9. The van der Waals surface area contributed by atoms with Gasteiger partial charge in [0.1, 0.15) is 41.3 Å². The Morgan fingerprint density at radius 2 is 1.96 bits per heavy atom. The monoisotopic (exact) mass is 698 g/mol. The number of aliphatic carboxylic acids is 1. The van der Waals surface area contributed by atoms with Gasteiger partial charge in [0.2, 0.25) is 11.8 Å². The van der Waals surface area contributed by atoms with E-state index in [1.807, 2.05) is 48.6 Å². The third-order valence-electron chi connectivity index (χ3n) is 10.9. The fourth-order valence-electron chi connectivity index (χ4n) is 8.00. The van der Waals surface area contributed by atoms with Crippen LogP contribution < -0.4 is 15.4 Å². The molecule has 3 fully saturated rings. The number of rotatable bonds is 10. The lowest BCUT2D eigenvalue weighted by molar-refractivity contribution is -0.145. The number of allylic oxidation sites excluding steroid dienone is 2. The molecule has 0 spiro atoms. The standard InChI is InChI=1S/C40H50N4O7/c1-3-5-9-15-26-17-14-21-34(26)51-39(49)42-32-20-11-8-6-7-10-18-28-24-40(28,38(47)48)43-36(45)33-23-29(25-44(33)37(32)46)50-35-22-27-16-12-13-19-31(27)41-30(35)4-2/h3-4,10,12-13,16,18-19,22,26,28-29,32-34H,1-2,5-9,11,14-15,17,20-21,23-25H2,(H,42,49)(H,43,45)(H,47,48)/b18-10-/t26-,28-,29-,32+,33+,34-,40-/m1/s1. The van der Waals surface area contributed by atoms with Crippen molar-refractivity contribution < 1.29 is 33.8 Å². The number of nitrogens with zero attached hydrogens (tertiary/aromatic N) is 2. The van der Waals surface area contributed by atoms with Crippen LogP contribution in [0.5, 0.6) is 5.75 Å². The van der Waals surface area contributed by atoms with Gasteiger partial charge in [-0.1, -0.05) is 55.8 Å². The Bertz CT molecular complexity index is 1680. The Labute approximate surface area is 299 Å². The average Bonchev–Trinajstić information content (AvgIpc) is 3.39. The van der Waals surface area contributed by atoms with Gasteiger partial charge in [-0.25, -0.2) is 14.6 Å². The van der Waals surface area contributed by atoms with E-state index in [9.17, 15) is 24.3 Å². The molecule has 4 aliphatic rings. The molecule has 2 saturated carbocycles. The minimum Gasteiger partial charge on any atom is -0.486 e. The number of carboxylic acids is 1. The SMILES string of the molecule is C=CCCC[C@@H]1CCC[C@H]1OC(=O)N[C@H]1CCCCC/C=C\[C@@H]2C[C@@]2(C(=O)O)NC(=O)[C@@H]2C[C@@H](Oc3cc4ccccc4nc3C=C)CN2C1=O. The normalized spacial score (nSPS) is 30.2. The Morgan fingerprint density at radius 3 is 2.76 bits per heavy atom. The number of carbonyl (C=O) groups is 4. The molecule has 1 aromatic heterocycles. The van der Waals surface area contributed by atoms with Crippen molar-refractivity contribution in [1.29, 1.82) is 0 Å². The van der Waals surface area contributed by atoms with Crippen LogP contribution in [0.15, 0.2) is 61.7 Å². The van der Waals surface area contributed by atoms with Gasteiger partial charge in [0.05, 0.1) is 12.1 Å². The average molecular weight is 699 g/mol. The first-order valence-corrected chi connectivity index (χ1v) is 18.5. The van der Waals surface area contributed by atoms with Crippen LogP contribution in [0.25, 0.3) is 17.0 Å². The van der Waals surface area contributed by atoms with Crippen molar-refractivity contribution in [3.05, 3.63) is 67.4 Å². The number of carboxylic acid groups (broad SMARTS) is 1. The number of carbonyl (C=O) groups excluding carboxylic acids is 3. The van der Waals surface area contributed by atoms with Crippen LogP contribution in [0.3, 0.4) is 0 Å². The van der Waals surface area contributed by atoms with Gasteiger partial charge >= 0.3 is 12.1 Å². The van der Waals surface area contributed by atoms with Crippen molar-refractivity contribution in [2.45, 2.75) is 113 Å². The molecule has 1 saturated heterocycles. The first-order chi connectivity index (χ1) is 24.7. The summed E-state index contributed by atoms with van der Waals surface area (Å²) in [7, 11) is 0. The molecule has 3 heterocycles. The number of aromatic nitrogens is 1.